The van der Waals surface area contributed by atoms with Gasteiger partial charge in [0.15, 0.2) is 0 Å². The van der Waals surface area contributed by atoms with E-state index in [0.29, 0.717) is 0 Å². The molecule has 3 aromatic carbocycles. The number of amides is 1. The first-order valence-electron chi connectivity index (χ1n) is 8.54. The third-order valence-electron chi connectivity index (χ3n) is 4.23. The Morgan fingerprint density at radius 2 is 1.38 bits per heavy atom. The van der Waals surface area contributed by atoms with Gasteiger partial charge in [-0.15, -0.1) is 0 Å². The van der Waals surface area contributed by atoms with Crippen molar-refractivity contribution in [3.8, 4) is 0 Å². The van der Waals surface area contributed by atoms with Crippen LogP contribution in [0, 0.1) is 0 Å². The summed E-state index contributed by atoms with van der Waals surface area (Å²) >= 11 is 0. The fourth-order valence-electron chi connectivity index (χ4n) is 2.96. The number of carbonyl (C=O) groups excluding carboxylic acids is 1. The lowest BCUT2D eigenvalue weighted by molar-refractivity contribution is -0.116. The molecule has 0 unspecified atom stereocenters. The Morgan fingerprint density at radius 3 is 2.19 bits per heavy atom. The molecule has 128 valence electrons. The normalized spacial score (nSPS) is 10.6. The highest BCUT2D eigenvalue weighted by Crippen LogP contribution is 2.19. The highest BCUT2D eigenvalue weighted by molar-refractivity contribution is 5.92. The molecule has 2 N–H and O–H groups in total. The van der Waals surface area contributed by atoms with Crippen LogP contribution < -0.4 is 10.6 Å². The molecule has 0 bridgehead atoms. The molecule has 0 aliphatic rings. The second-order valence-electron chi connectivity index (χ2n) is 6.12. The van der Waals surface area contributed by atoms with E-state index < -0.39 is 0 Å². The minimum atomic E-state index is -0.0462. The van der Waals surface area contributed by atoms with Gasteiger partial charge < -0.3 is 15.2 Å². The van der Waals surface area contributed by atoms with Gasteiger partial charge >= 0.3 is 0 Å². The van der Waals surface area contributed by atoms with Crippen molar-refractivity contribution in [3.63, 3.8) is 0 Å². The standard InChI is InChI=1S/C22H19N3O/c26-22(16-25-15-14-17-6-4-5-9-21(17)25)24-20-12-10-19(11-13-20)23-18-7-2-1-3-8-18/h1-15,23H,16H2,(H,24,26). The minimum Gasteiger partial charge on any atom is -0.356 e. The number of nitrogens with one attached hydrogen (secondary N) is 2. The molecule has 0 aliphatic heterocycles. The summed E-state index contributed by atoms with van der Waals surface area (Å²) in [4.78, 5) is 12.4. The van der Waals surface area contributed by atoms with E-state index in [4.69, 9.17) is 0 Å². The van der Waals surface area contributed by atoms with Gasteiger partial charge in [-0.1, -0.05) is 36.4 Å². The number of nitrogens with zero attached hydrogens (tertiary/aromatic N) is 1. The van der Waals surface area contributed by atoms with Crippen LogP contribution in [0.2, 0.25) is 0 Å². The monoisotopic (exact) mass is 341 g/mol. The number of anilines is 3. The predicted molar refractivity (Wildman–Crippen MR) is 107 cm³/mol. The summed E-state index contributed by atoms with van der Waals surface area (Å²) in [6.07, 6.45) is 1.94. The lowest BCUT2D eigenvalue weighted by Crippen LogP contribution is -2.18. The van der Waals surface area contributed by atoms with E-state index in [-0.39, 0.29) is 12.5 Å². The Bertz CT molecular complexity index is 1020. The predicted octanol–water partition coefficient (Wildman–Crippen LogP) is 5.02. The van der Waals surface area contributed by atoms with Crippen molar-refractivity contribution in [1.82, 2.24) is 4.57 Å². The molecule has 4 aromatic rings. The quantitative estimate of drug-likeness (QED) is 0.535. The fourth-order valence-corrected chi connectivity index (χ4v) is 2.96. The Morgan fingerprint density at radius 1 is 0.731 bits per heavy atom. The molecule has 1 amide bonds. The number of fused-ring (bicyclic) bond motifs is 1. The Kier molecular flexibility index (Phi) is 4.39. The van der Waals surface area contributed by atoms with Crippen molar-refractivity contribution in [1.29, 1.82) is 0 Å². The first-order valence-corrected chi connectivity index (χ1v) is 8.54. The van der Waals surface area contributed by atoms with Crippen molar-refractivity contribution in [2.45, 2.75) is 6.54 Å². The van der Waals surface area contributed by atoms with E-state index >= 15 is 0 Å². The van der Waals surface area contributed by atoms with E-state index in [1.165, 1.54) is 0 Å². The molecule has 26 heavy (non-hydrogen) atoms. The van der Waals surface area contributed by atoms with Crippen LogP contribution in [0.25, 0.3) is 10.9 Å². The SMILES string of the molecule is O=C(Cn1ccc2ccccc21)Nc1ccc(Nc2ccccc2)cc1. The van der Waals surface area contributed by atoms with Gasteiger partial charge in [-0.05, 0) is 53.9 Å². The summed E-state index contributed by atoms with van der Waals surface area (Å²) < 4.78 is 1.95. The first-order chi connectivity index (χ1) is 12.8. The van der Waals surface area contributed by atoms with Gasteiger partial charge in [0, 0.05) is 28.8 Å². The maximum absolute atomic E-state index is 12.4. The second kappa shape index (κ2) is 7.15. The maximum Gasteiger partial charge on any atom is 0.244 e. The van der Waals surface area contributed by atoms with Gasteiger partial charge in [-0.2, -0.15) is 0 Å². The summed E-state index contributed by atoms with van der Waals surface area (Å²) in [6.45, 7) is 0.289. The third kappa shape index (κ3) is 3.59. The molecular formula is C22H19N3O. The lowest BCUT2D eigenvalue weighted by atomic mass is 10.2. The smallest absolute Gasteiger partial charge is 0.244 e. The zero-order chi connectivity index (χ0) is 17.8. The molecule has 1 heterocycles. The van der Waals surface area contributed by atoms with Gasteiger partial charge in [0.2, 0.25) is 5.91 Å². The molecule has 0 aliphatic carbocycles. The molecule has 0 radical (unpaired) electrons. The molecule has 0 saturated carbocycles. The van der Waals surface area contributed by atoms with Crippen LogP contribution in [0.3, 0.4) is 0 Å². The highest BCUT2D eigenvalue weighted by Gasteiger charge is 2.06. The van der Waals surface area contributed by atoms with Gasteiger partial charge in [-0.3, -0.25) is 4.79 Å². The largest absolute Gasteiger partial charge is 0.356 e. The van der Waals surface area contributed by atoms with Gasteiger partial charge in [0.05, 0.1) is 0 Å². The third-order valence-corrected chi connectivity index (χ3v) is 4.23. The molecule has 0 saturated heterocycles. The Labute approximate surface area is 152 Å². The van der Waals surface area contributed by atoms with Crippen molar-refractivity contribution in [2.24, 2.45) is 0 Å². The first kappa shape index (κ1) is 16.0. The van der Waals surface area contributed by atoms with Crippen molar-refractivity contribution in [2.75, 3.05) is 10.6 Å². The lowest BCUT2D eigenvalue weighted by Gasteiger charge is -2.09. The highest BCUT2D eigenvalue weighted by atomic mass is 16.1. The molecule has 4 nitrogen and oxygen atoms in total. The van der Waals surface area contributed by atoms with Crippen molar-refractivity contribution >= 4 is 33.9 Å². The van der Waals surface area contributed by atoms with Gasteiger partial charge in [-0.25, -0.2) is 0 Å². The maximum atomic E-state index is 12.4. The summed E-state index contributed by atoms with van der Waals surface area (Å²) in [5.41, 5.74) is 3.85. The summed E-state index contributed by atoms with van der Waals surface area (Å²) in [7, 11) is 0. The van der Waals surface area contributed by atoms with E-state index in [0.717, 1.165) is 28.0 Å². The average molecular weight is 341 g/mol. The number of hydrogen-bond donors (Lipinski definition) is 2. The number of benzene rings is 3. The second-order valence-corrected chi connectivity index (χ2v) is 6.12. The molecule has 4 rings (SSSR count). The molecule has 4 heteroatoms. The van der Waals surface area contributed by atoms with E-state index in [1.807, 2.05) is 95.7 Å². The summed E-state index contributed by atoms with van der Waals surface area (Å²) in [6, 6.07) is 27.7. The topological polar surface area (TPSA) is 46.1 Å². The van der Waals surface area contributed by atoms with E-state index in [9.17, 15) is 4.79 Å². The van der Waals surface area contributed by atoms with Gasteiger partial charge in [0.25, 0.3) is 0 Å². The van der Waals surface area contributed by atoms with Crippen LogP contribution in [-0.4, -0.2) is 10.5 Å². The minimum absolute atomic E-state index is 0.0462. The van der Waals surface area contributed by atoms with Gasteiger partial charge in [0.1, 0.15) is 6.54 Å². The van der Waals surface area contributed by atoms with Crippen LogP contribution in [0.4, 0.5) is 17.1 Å². The van der Waals surface area contributed by atoms with Crippen molar-refractivity contribution < 1.29 is 4.79 Å². The van der Waals surface area contributed by atoms with Crippen molar-refractivity contribution in [3.05, 3.63) is 91.1 Å². The van der Waals surface area contributed by atoms with Crippen LogP contribution in [0.5, 0.6) is 0 Å². The molecule has 1 aromatic heterocycles. The fraction of sp³-hybridized carbons (Fsp3) is 0.0455. The molecule has 0 fully saturated rings. The summed E-state index contributed by atoms with van der Waals surface area (Å²) in [5.74, 6) is -0.0462. The number of aromatic nitrogens is 1. The number of rotatable bonds is 5. The zero-order valence-corrected chi connectivity index (χ0v) is 14.2. The van der Waals surface area contributed by atoms with Crippen LogP contribution >= 0.6 is 0 Å². The molecule has 0 spiro atoms. The average Bonchev–Trinajstić information content (AvgIpc) is 3.07. The van der Waals surface area contributed by atoms with Crippen LogP contribution in [0.1, 0.15) is 0 Å². The van der Waals surface area contributed by atoms with E-state index in [2.05, 4.69) is 10.6 Å². The molecule has 0 atom stereocenters. The number of para-hydroxylation sites is 2. The van der Waals surface area contributed by atoms with Crippen LogP contribution in [-0.2, 0) is 11.3 Å². The Hall–Kier alpha value is -3.53. The van der Waals surface area contributed by atoms with Crippen LogP contribution in [0.15, 0.2) is 91.1 Å². The molecular weight excluding hydrogens is 322 g/mol. The Balaban J connectivity index is 1.40. The summed E-state index contributed by atoms with van der Waals surface area (Å²) in [5, 5.41) is 7.41. The number of hydrogen-bond acceptors (Lipinski definition) is 2. The number of carbonyl (C=O) groups is 1. The van der Waals surface area contributed by atoms with E-state index in [1.54, 1.807) is 0 Å². The zero-order valence-electron chi connectivity index (χ0n) is 14.2.